The van der Waals surface area contributed by atoms with Crippen LogP contribution in [0.5, 0.6) is 0 Å². The van der Waals surface area contributed by atoms with E-state index < -0.39 is 6.04 Å². The summed E-state index contributed by atoms with van der Waals surface area (Å²) < 4.78 is 0. The van der Waals surface area contributed by atoms with E-state index in [1.54, 1.807) is 4.90 Å². The van der Waals surface area contributed by atoms with Crippen molar-refractivity contribution in [1.82, 2.24) is 5.32 Å². The van der Waals surface area contributed by atoms with Gasteiger partial charge in [-0.25, -0.2) is 0 Å². The third-order valence-corrected chi connectivity index (χ3v) is 3.25. The summed E-state index contributed by atoms with van der Waals surface area (Å²) in [7, 11) is 0. The lowest BCUT2D eigenvalue weighted by atomic mass is 10.0. The van der Waals surface area contributed by atoms with Gasteiger partial charge in [-0.15, -0.1) is 0 Å². The van der Waals surface area contributed by atoms with Crippen LogP contribution in [-0.4, -0.2) is 42.5 Å². The van der Waals surface area contributed by atoms with Gasteiger partial charge in [0.25, 0.3) is 0 Å². The molecule has 0 saturated heterocycles. The zero-order valence-electron chi connectivity index (χ0n) is 12.9. The van der Waals surface area contributed by atoms with Crippen LogP contribution in [0, 0.1) is 5.92 Å². The summed E-state index contributed by atoms with van der Waals surface area (Å²) in [5.74, 6) is -0.220. The Balaban J connectivity index is 2.71. The topological polar surface area (TPSA) is 69.6 Å². The Bertz CT molecular complexity index is 460. The molecule has 0 radical (unpaired) electrons. The quantitative estimate of drug-likeness (QED) is 0.756. The molecular weight excluding hydrogens is 268 g/mol. The van der Waals surface area contributed by atoms with Gasteiger partial charge in [0, 0.05) is 12.2 Å². The van der Waals surface area contributed by atoms with Crippen molar-refractivity contribution < 1.29 is 14.7 Å². The molecule has 1 aromatic carbocycles. The maximum atomic E-state index is 12.1. The van der Waals surface area contributed by atoms with Crippen LogP contribution in [0.4, 0.5) is 5.69 Å². The standard InChI is InChI=1S/C16H24N2O3/c1-12(2)16(13(3)20)17-15(21)11-18(9-10-19)14-7-5-4-6-8-14/h4-8,12,16,19H,9-11H2,1-3H3,(H,17,21). The van der Waals surface area contributed by atoms with Crippen molar-refractivity contribution in [1.29, 1.82) is 0 Å². The third kappa shape index (κ3) is 5.55. The number of benzene rings is 1. The number of para-hydroxylation sites is 1. The van der Waals surface area contributed by atoms with E-state index in [2.05, 4.69) is 5.32 Å². The number of carbonyl (C=O) groups excluding carboxylic acids is 2. The number of carbonyl (C=O) groups is 2. The second-order valence-corrected chi connectivity index (χ2v) is 5.38. The van der Waals surface area contributed by atoms with E-state index >= 15 is 0 Å². The molecule has 1 rings (SSSR count). The molecule has 5 nitrogen and oxygen atoms in total. The Morgan fingerprint density at radius 2 is 1.86 bits per heavy atom. The SMILES string of the molecule is CC(=O)C(NC(=O)CN(CCO)c1ccccc1)C(C)C. The van der Waals surface area contributed by atoms with Gasteiger partial charge in [0.15, 0.2) is 5.78 Å². The summed E-state index contributed by atoms with van der Waals surface area (Å²) in [5, 5.41) is 11.9. The van der Waals surface area contributed by atoms with Gasteiger partial charge < -0.3 is 15.3 Å². The van der Waals surface area contributed by atoms with E-state index in [0.29, 0.717) is 6.54 Å². The number of hydrogen-bond donors (Lipinski definition) is 2. The number of aliphatic hydroxyl groups is 1. The highest BCUT2D eigenvalue weighted by Crippen LogP contribution is 2.12. The molecule has 0 saturated carbocycles. The number of nitrogens with zero attached hydrogens (tertiary/aromatic N) is 1. The van der Waals surface area contributed by atoms with Crippen molar-refractivity contribution in [2.45, 2.75) is 26.8 Å². The fourth-order valence-corrected chi connectivity index (χ4v) is 2.19. The van der Waals surface area contributed by atoms with Gasteiger partial charge in [0.05, 0.1) is 19.2 Å². The summed E-state index contributed by atoms with van der Waals surface area (Å²) in [6, 6.07) is 8.95. The maximum absolute atomic E-state index is 12.1. The first-order valence-corrected chi connectivity index (χ1v) is 7.16. The molecule has 0 spiro atoms. The molecule has 0 bridgehead atoms. The first kappa shape index (κ1) is 17.2. The van der Waals surface area contributed by atoms with E-state index in [9.17, 15) is 9.59 Å². The highest BCUT2D eigenvalue weighted by atomic mass is 16.3. The number of hydrogen-bond acceptors (Lipinski definition) is 4. The molecule has 0 aliphatic rings. The second kappa shape index (κ2) is 8.42. The number of Topliss-reactive ketones (excluding diaryl/α,β-unsaturated/α-hetero) is 1. The van der Waals surface area contributed by atoms with Crippen molar-refractivity contribution in [3.05, 3.63) is 30.3 Å². The van der Waals surface area contributed by atoms with Crippen LogP contribution in [-0.2, 0) is 9.59 Å². The maximum Gasteiger partial charge on any atom is 0.240 e. The minimum atomic E-state index is -0.468. The van der Waals surface area contributed by atoms with E-state index in [4.69, 9.17) is 5.11 Å². The predicted molar refractivity (Wildman–Crippen MR) is 83.2 cm³/mol. The fourth-order valence-electron chi connectivity index (χ4n) is 2.19. The molecule has 116 valence electrons. The van der Waals surface area contributed by atoms with Crippen molar-refractivity contribution >= 4 is 17.4 Å². The first-order chi connectivity index (χ1) is 9.95. The molecule has 2 N–H and O–H groups in total. The normalized spacial score (nSPS) is 12.0. The molecule has 0 aromatic heterocycles. The number of rotatable bonds is 8. The largest absolute Gasteiger partial charge is 0.395 e. The number of nitrogens with one attached hydrogen (secondary N) is 1. The highest BCUT2D eigenvalue weighted by molar-refractivity contribution is 5.89. The molecule has 21 heavy (non-hydrogen) atoms. The first-order valence-electron chi connectivity index (χ1n) is 7.16. The molecule has 1 atom stereocenters. The molecule has 0 aliphatic heterocycles. The average molecular weight is 292 g/mol. The van der Waals surface area contributed by atoms with Gasteiger partial charge in [0.1, 0.15) is 0 Å². The Morgan fingerprint density at radius 1 is 1.24 bits per heavy atom. The van der Waals surface area contributed by atoms with Crippen LogP contribution in [0.2, 0.25) is 0 Å². The summed E-state index contributed by atoms with van der Waals surface area (Å²) in [4.78, 5) is 25.5. The molecule has 0 aliphatic carbocycles. The van der Waals surface area contributed by atoms with Gasteiger partial charge in [-0.3, -0.25) is 9.59 Å². The van der Waals surface area contributed by atoms with E-state index in [1.165, 1.54) is 6.92 Å². The Morgan fingerprint density at radius 3 is 2.33 bits per heavy atom. The average Bonchev–Trinajstić information content (AvgIpc) is 2.44. The molecule has 0 heterocycles. The van der Waals surface area contributed by atoms with Gasteiger partial charge >= 0.3 is 0 Å². The van der Waals surface area contributed by atoms with Crippen molar-refractivity contribution in [3.63, 3.8) is 0 Å². The van der Waals surface area contributed by atoms with Gasteiger partial charge in [-0.05, 0) is 25.0 Å². The molecule has 5 heteroatoms. The highest BCUT2D eigenvalue weighted by Gasteiger charge is 2.21. The molecule has 1 aromatic rings. The minimum Gasteiger partial charge on any atom is -0.395 e. The molecule has 0 fully saturated rings. The molecule has 1 unspecified atom stereocenters. The van der Waals surface area contributed by atoms with Gasteiger partial charge in [-0.2, -0.15) is 0 Å². The number of aliphatic hydroxyl groups excluding tert-OH is 1. The van der Waals surface area contributed by atoms with Crippen molar-refractivity contribution in [3.8, 4) is 0 Å². The van der Waals surface area contributed by atoms with E-state index in [1.807, 2.05) is 44.2 Å². The second-order valence-electron chi connectivity index (χ2n) is 5.38. The van der Waals surface area contributed by atoms with E-state index in [-0.39, 0.29) is 30.8 Å². The third-order valence-electron chi connectivity index (χ3n) is 3.25. The number of ketones is 1. The Labute approximate surface area is 126 Å². The summed E-state index contributed by atoms with van der Waals surface area (Å²) in [6.07, 6.45) is 0. The van der Waals surface area contributed by atoms with E-state index in [0.717, 1.165) is 5.69 Å². The van der Waals surface area contributed by atoms with Gasteiger partial charge in [-0.1, -0.05) is 32.0 Å². The minimum absolute atomic E-state index is 0.0392. The lowest BCUT2D eigenvalue weighted by molar-refractivity contribution is -0.127. The van der Waals surface area contributed by atoms with Crippen LogP contribution < -0.4 is 10.2 Å². The van der Waals surface area contributed by atoms with Gasteiger partial charge in [0.2, 0.25) is 5.91 Å². The van der Waals surface area contributed by atoms with Crippen LogP contribution >= 0.6 is 0 Å². The number of amides is 1. The summed E-state index contributed by atoms with van der Waals surface area (Å²) in [6.45, 7) is 5.71. The predicted octanol–water partition coefficient (Wildman–Crippen LogP) is 1.22. The fraction of sp³-hybridized carbons (Fsp3) is 0.500. The molecule has 1 amide bonds. The Kier molecular flexibility index (Phi) is 6.88. The zero-order valence-corrected chi connectivity index (χ0v) is 12.9. The van der Waals surface area contributed by atoms with Crippen LogP contribution in [0.25, 0.3) is 0 Å². The monoisotopic (exact) mass is 292 g/mol. The molecular formula is C16H24N2O3. The van der Waals surface area contributed by atoms with Crippen LogP contribution in [0.3, 0.4) is 0 Å². The smallest absolute Gasteiger partial charge is 0.240 e. The van der Waals surface area contributed by atoms with Crippen LogP contribution in [0.15, 0.2) is 30.3 Å². The van der Waals surface area contributed by atoms with Crippen LogP contribution in [0.1, 0.15) is 20.8 Å². The zero-order chi connectivity index (χ0) is 15.8. The van der Waals surface area contributed by atoms with Crippen molar-refractivity contribution in [2.75, 3.05) is 24.6 Å². The lowest BCUT2D eigenvalue weighted by Crippen LogP contribution is -2.47. The number of anilines is 1. The summed E-state index contributed by atoms with van der Waals surface area (Å²) in [5.41, 5.74) is 0.866. The lowest BCUT2D eigenvalue weighted by Gasteiger charge is -2.25. The summed E-state index contributed by atoms with van der Waals surface area (Å²) >= 11 is 0. The van der Waals surface area contributed by atoms with Crippen molar-refractivity contribution in [2.24, 2.45) is 5.92 Å². The Hall–Kier alpha value is -1.88.